The van der Waals surface area contributed by atoms with Crippen LogP contribution in [0.4, 0.5) is 5.69 Å². The molecular weight excluding hydrogens is 272 g/mol. The van der Waals surface area contributed by atoms with Gasteiger partial charge in [-0.25, -0.2) is 0 Å². The molecule has 3 N–H and O–H groups in total. The Labute approximate surface area is 103 Å². The summed E-state index contributed by atoms with van der Waals surface area (Å²) in [7, 11) is 1.60. The molecule has 1 amide bonds. The van der Waals surface area contributed by atoms with Crippen LogP contribution in [0.5, 0.6) is 0 Å². The van der Waals surface area contributed by atoms with Gasteiger partial charge in [0, 0.05) is 19.3 Å². The molecule has 0 aromatic heterocycles. The third-order valence-corrected chi connectivity index (χ3v) is 3.11. The van der Waals surface area contributed by atoms with Gasteiger partial charge in [0.2, 0.25) is 0 Å². The standard InChI is InChI=1S/C11H15BrN2O2/c1-7(16-2)6-14-11(15)8-4-3-5-9(13)10(8)12/h3-5,7H,6,13H2,1-2H3,(H,14,15). The van der Waals surface area contributed by atoms with Gasteiger partial charge in [0.1, 0.15) is 0 Å². The van der Waals surface area contributed by atoms with Gasteiger partial charge in [-0.15, -0.1) is 0 Å². The van der Waals surface area contributed by atoms with Gasteiger partial charge in [-0.2, -0.15) is 0 Å². The van der Waals surface area contributed by atoms with E-state index in [1.165, 1.54) is 0 Å². The van der Waals surface area contributed by atoms with Crippen molar-refractivity contribution in [3.63, 3.8) is 0 Å². The Morgan fingerprint density at radius 1 is 1.62 bits per heavy atom. The number of halogens is 1. The Kier molecular flexibility index (Phi) is 4.76. The molecule has 0 aliphatic heterocycles. The molecule has 1 rings (SSSR count). The Morgan fingerprint density at radius 3 is 2.94 bits per heavy atom. The van der Waals surface area contributed by atoms with Crippen molar-refractivity contribution in [1.82, 2.24) is 5.32 Å². The summed E-state index contributed by atoms with van der Waals surface area (Å²) in [6, 6.07) is 5.20. The number of ether oxygens (including phenoxy) is 1. The minimum atomic E-state index is -0.164. The molecule has 0 spiro atoms. The van der Waals surface area contributed by atoms with Crippen LogP contribution in [0, 0.1) is 0 Å². The number of rotatable bonds is 4. The number of nitrogens with two attached hydrogens (primary N) is 1. The minimum absolute atomic E-state index is 0.0104. The van der Waals surface area contributed by atoms with Crippen LogP contribution in [0.25, 0.3) is 0 Å². The van der Waals surface area contributed by atoms with Crippen molar-refractivity contribution >= 4 is 27.5 Å². The molecule has 0 aliphatic carbocycles. The van der Waals surface area contributed by atoms with E-state index >= 15 is 0 Å². The number of nitrogens with one attached hydrogen (secondary N) is 1. The minimum Gasteiger partial charge on any atom is -0.398 e. The first kappa shape index (κ1) is 13.0. The van der Waals surface area contributed by atoms with Gasteiger partial charge in [0.25, 0.3) is 5.91 Å². The molecule has 16 heavy (non-hydrogen) atoms. The van der Waals surface area contributed by atoms with Crippen LogP contribution in [0.1, 0.15) is 17.3 Å². The lowest BCUT2D eigenvalue weighted by atomic mass is 10.2. The normalized spacial score (nSPS) is 12.2. The summed E-state index contributed by atoms with van der Waals surface area (Å²) in [6.07, 6.45) is -0.0104. The Hall–Kier alpha value is -1.07. The van der Waals surface area contributed by atoms with Crippen molar-refractivity contribution in [2.75, 3.05) is 19.4 Å². The van der Waals surface area contributed by atoms with Crippen molar-refractivity contribution < 1.29 is 9.53 Å². The van der Waals surface area contributed by atoms with E-state index in [0.717, 1.165) is 0 Å². The molecule has 0 saturated carbocycles. The van der Waals surface area contributed by atoms with Crippen molar-refractivity contribution in [3.05, 3.63) is 28.2 Å². The number of amides is 1. The van der Waals surface area contributed by atoms with E-state index in [1.54, 1.807) is 25.3 Å². The molecule has 4 nitrogen and oxygen atoms in total. The Morgan fingerprint density at radius 2 is 2.31 bits per heavy atom. The average molecular weight is 287 g/mol. The van der Waals surface area contributed by atoms with E-state index in [1.807, 2.05) is 6.92 Å². The van der Waals surface area contributed by atoms with Gasteiger partial charge < -0.3 is 15.8 Å². The van der Waals surface area contributed by atoms with Gasteiger partial charge in [0.15, 0.2) is 0 Å². The van der Waals surface area contributed by atoms with E-state index in [-0.39, 0.29) is 12.0 Å². The zero-order valence-electron chi connectivity index (χ0n) is 9.29. The molecule has 0 heterocycles. The average Bonchev–Trinajstić information content (AvgIpc) is 2.29. The molecule has 88 valence electrons. The Bertz CT molecular complexity index is 382. The summed E-state index contributed by atoms with van der Waals surface area (Å²) >= 11 is 3.29. The van der Waals surface area contributed by atoms with Crippen molar-refractivity contribution in [3.8, 4) is 0 Å². The van der Waals surface area contributed by atoms with E-state index in [9.17, 15) is 4.79 Å². The molecule has 0 aliphatic rings. The maximum absolute atomic E-state index is 11.8. The van der Waals surface area contributed by atoms with Crippen LogP contribution in [0.3, 0.4) is 0 Å². The molecule has 1 atom stereocenters. The lowest BCUT2D eigenvalue weighted by molar-refractivity contribution is 0.0870. The number of nitrogen functional groups attached to an aromatic ring is 1. The van der Waals surface area contributed by atoms with Gasteiger partial charge in [-0.3, -0.25) is 4.79 Å². The molecule has 5 heteroatoms. The quantitative estimate of drug-likeness (QED) is 0.830. The van der Waals surface area contributed by atoms with Gasteiger partial charge >= 0.3 is 0 Å². The van der Waals surface area contributed by atoms with Crippen LogP contribution in [0.2, 0.25) is 0 Å². The predicted molar refractivity (Wildman–Crippen MR) is 67.4 cm³/mol. The largest absolute Gasteiger partial charge is 0.398 e. The predicted octanol–water partition coefficient (Wildman–Crippen LogP) is 1.80. The van der Waals surface area contributed by atoms with E-state index in [0.29, 0.717) is 22.3 Å². The van der Waals surface area contributed by atoms with Crippen LogP contribution in [-0.2, 0) is 4.74 Å². The first-order chi connectivity index (χ1) is 7.56. The fraction of sp³-hybridized carbons (Fsp3) is 0.364. The van der Waals surface area contributed by atoms with Crippen LogP contribution in [-0.4, -0.2) is 25.7 Å². The third-order valence-electron chi connectivity index (χ3n) is 2.23. The number of hydrogen-bond acceptors (Lipinski definition) is 3. The third kappa shape index (κ3) is 3.21. The van der Waals surface area contributed by atoms with Crippen molar-refractivity contribution in [2.45, 2.75) is 13.0 Å². The van der Waals surface area contributed by atoms with E-state index < -0.39 is 0 Å². The van der Waals surface area contributed by atoms with Crippen molar-refractivity contribution in [2.24, 2.45) is 0 Å². The number of methoxy groups -OCH3 is 1. The molecule has 0 radical (unpaired) electrons. The second-order valence-corrected chi connectivity index (χ2v) is 4.26. The second-order valence-electron chi connectivity index (χ2n) is 3.47. The number of carbonyl (C=O) groups is 1. The van der Waals surface area contributed by atoms with Gasteiger partial charge in [0.05, 0.1) is 16.1 Å². The summed E-state index contributed by atoms with van der Waals surface area (Å²) in [4.78, 5) is 11.8. The summed E-state index contributed by atoms with van der Waals surface area (Å²) in [5.41, 5.74) is 6.77. The zero-order valence-corrected chi connectivity index (χ0v) is 10.9. The summed E-state index contributed by atoms with van der Waals surface area (Å²) in [5.74, 6) is -0.164. The lowest BCUT2D eigenvalue weighted by Crippen LogP contribution is -2.31. The van der Waals surface area contributed by atoms with Gasteiger partial charge in [-0.05, 0) is 35.0 Å². The molecule has 1 aromatic rings. The summed E-state index contributed by atoms with van der Waals surface area (Å²) in [5, 5.41) is 2.77. The van der Waals surface area contributed by atoms with E-state index in [4.69, 9.17) is 10.5 Å². The monoisotopic (exact) mass is 286 g/mol. The molecule has 1 aromatic carbocycles. The fourth-order valence-electron chi connectivity index (χ4n) is 1.14. The second kappa shape index (κ2) is 5.86. The zero-order chi connectivity index (χ0) is 12.1. The van der Waals surface area contributed by atoms with Crippen LogP contribution >= 0.6 is 15.9 Å². The number of carbonyl (C=O) groups excluding carboxylic acids is 1. The maximum Gasteiger partial charge on any atom is 0.252 e. The van der Waals surface area contributed by atoms with Crippen LogP contribution < -0.4 is 11.1 Å². The first-order valence-electron chi connectivity index (χ1n) is 4.91. The molecule has 0 saturated heterocycles. The number of anilines is 1. The number of benzene rings is 1. The number of hydrogen-bond donors (Lipinski definition) is 2. The highest BCUT2D eigenvalue weighted by Crippen LogP contribution is 2.23. The van der Waals surface area contributed by atoms with E-state index in [2.05, 4.69) is 21.2 Å². The maximum atomic E-state index is 11.8. The fourth-order valence-corrected chi connectivity index (χ4v) is 1.58. The Balaban J connectivity index is 2.70. The first-order valence-corrected chi connectivity index (χ1v) is 5.70. The van der Waals surface area contributed by atoms with Crippen molar-refractivity contribution in [1.29, 1.82) is 0 Å². The van der Waals surface area contributed by atoms with Gasteiger partial charge in [-0.1, -0.05) is 6.07 Å². The summed E-state index contributed by atoms with van der Waals surface area (Å²) < 4.78 is 5.66. The highest BCUT2D eigenvalue weighted by molar-refractivity contribution is 9.10. The highest BCUT2D eigenvalue weighted by Gasteiger charge is 2.12. The van der Waals surface area contributed by atoms with Crippen LogP contribution in [0.15, 0.2) is 22.7 Å². The summed E-state index contributed by atoms with van der Waals surface area (Å²) in [6.45, 7) is 2.35. The highest BCUT2D eigenvalue weighted by atomic mass is 79.9. The molecule has 0 bridgehead atoms. The lowest BCUT2D eigenvalue weighted by Gasteiger charge is -2.12. The topological polar surface area (TPSA) is 64.3 Å². The molecule has 1 unspecified atom stereocenters. The molecular formula is C11H15BrN2O2. The SMILES string of the molecule is COC(C)CNC(=O)c1cccc(N)c1Br. The molecule has 0 fully saturated rings. The smallest absolute Gasteiger partial charge is 0.252 e.